The predicted octanol–water partition coefficient (Wildman–Crippen LogP) is 2.88. The molecule has 0 unspecified atom stereocenters. The minimum atomic E-state index is -1.08. The summed E-state index contributed by atoms with van der Waals surface area (Å²) in [6.45, 7) is 1.84. The summed E-state index contributed by atoms with van der Waals surface area (Å²) in [5, 5.41) is 12.1. The number of carboxylic acids is 1. The van der Waals surface area contributed by atoms with E-state index in [-0.39, 0.29) is 10.6 Å². The molecule has 92 valence electrons. The van der Waals surface area contributed by atoms with Crippen LogP contribution in [0, 0.1) is 6.92 Å². The second kappa shape index (κ2) is 5.01. The van der Waals surface area contributed by atoms with Crippen LogP contribution >= 0.6 is 11.6 Å². The Balaban J connectivity index is 2.30. The van der Waals surface area contributed by atoms with Gasteiger partial charge < -0.3 is 10.4 Å². The standard InChI is InChI=1S/C12H10ClN3O2/c1-7-4-5-14-12(15-7)16-8-2-3-10(13)9(6-8)11(17)18/h2-6H,1H3,(H,17,18)(H,14,15,16). The van der Waals surface area contributed by atoms with Crippen molar-refractivity contribution >= 4 is 29.2 Å². The molecule has 2 aromatic rings. The highest BCUT2D eigenvalue weighted by Gasteiger charge is 2.09. The van der Waals surface area contributed by atoms with Crippen molar-refractivity contribution in [2.24, 2.45) is 0 Å². The molecule has 0 fully saturated rings. The highest BCUT2D eigenvalue weighted by atomic mass is 35.5. The molecule has 0 saturated carbocycles. The lowest BCUT2D eigenvalue weighted by Crippen LogP contribution is -2.01. The van der Waals surface area contributed by atoms with Gasteiger partial charge in [-0.3, -0.25) is 0 Å². The Labute approximate surface area is 108 Å². The van der Waals surface area contributed by atoms with Crippen molar-refractivity contribution in [3.63, 3.8) is 0 Å². The zero-order valence-corrected chi connectivity index (χ0v) is 10.3. The number of nitrogens with zero attached hydrogens (tertiary/aromatic N) is 2. The molecular formula is C12H10ClN3O2. The fourth-order valence-electron chi connectivity index (χ4n) is 1.41. The van der Waals surface area contributed by atoms with Gasteiger partial charge in [-0.15, -0.1) is 0 Å². The number of nitrogens with one attached hydrogen (secondary N) is 1. The normalized spacial score (nSPS) is 10.1. The van der Waals surface area contributed by atoms with Crippen LogP contribution in [0.1, 0.15) is 16.1 Å². The van der Waals surface area contributed by atoms with Crippen molar-refractivity contribution in [1.82, 2.24) is 9.97 Å². The van der Waals surface area contributed by atoms with E-state index in [4.69, 9.17) is 16.7 Å². The number of carboxylic acid groups (broad SMARTS) is 1. The summed E-state index contributed by atoms with van der Waals surface area (Å²) in [6, 6.07) is 6.40. The molecule has 1 aromatic carbocycles. The van der Waals surface area contributed by atoms with E-state index < -0.39 is 5.97 Å². The maximum Gasteiger partial charge on any atom is 0.337 e. The van der Waals surface area contributed by atoms with Gasteiger partial charge in [0, 0.05) is 17.6 Å². The van der Waals surface area contributed by atoms with Gasteiger partial charge in [-0.1, -0.05) is 11.6 Å². The van der Waals surface area contributed by atoms with Crippen molar-refractivity contribution in [2.45, 2.75) is 6.92 Å². The number of carbonyl (C=O) groups is 1. The second-order valence-corrected chi connectivity index (χ2v) is 4.05. The Kier molecular flexibility index (Phi) is 3.43. The summed E-state index contributed by atoms with van der Waals surface area (Å²) in [6.07, 6.45) is 1.62. The Morgan fingerprint density at radius 1 is 1.39 bits per heavy atom. The lowest BCUT2D eigenvalue weighted by molar-refractivity contribution is 0.0697. The SMILES string of the molecule is Cc1ccnc(Nc2ccc(Cl)c(C(=O)O)c2)n1. The van der Waals surface area contributed by atoms with Gasteiger partial charge in [0.15, 0.2) is 0 Å². The van der Waals surface area contributed by atoms with Gasteiger partial charge in [-0.05, 0) is 31.2 Å². The molecule has 0 aliphatic heterocycles. The first-order valence-corrected chi connectivity index (χ1v) is 5.53. The van der Waals surface area contributed by atoms with Gasteiger partial charge in [0.2, 0.25) is 5.95 Å². The minimum Gasteiger partial charge on any atom is -0.478 e. The Bertz CT molecular complexity index is 602. The van der Waals surface area contributed by atoms with Crippen molar-refractivity contribution in [2.75, 3.05) is 5.32 Å². The number of aryl methyl sites for hydroxylation is 1. The van der Waals surface area contributed by atoms with E-state index in [1.165, 1.54) is 12.1 Å². The number of anilines is 2. The fraction of sp³-hybridized carbons (Fsp3) is 0.0833. The van der Waals surface area contributed by atoms with E-state index in [1.807, 2.05) is 6.92 Å². The summed E-state index contributed by atoms with van der Waals surface area (Å²) in [5.41, 5.74) is 1.43. The Morgan fingerprint density at radius 2 is 2.17 bits per heavy atom. The zero-order valence-electron chi connectivity index (χ0n) is 9.51. The maximum absolute atomic E-state index is 10.9. The molecule has 0 aliphatic rings. The molecule has 1 aromatic heterocycles. The molecule has 0 aliphatic carbocycles. The predicted molar refractivity (Wildman–Crippen MR) is 68.5 cm³/mol. The molecule has 2 rings (SSSR count). The van der Waals surface area contributed by atoms with Gasteiger partial charge in [0.05, 0.1) is 10.6 Å². The fourth-order valence-corrected chi connectivity index (χ4v) is 1.60. The van der Waals surface area contributed by atoms with Crippen LogP contribution in [0.3, 0.4) is 0 Å². The zero-order chi connectivity index (χ0) is 13.1. The third kappa shape index (κ3) is 2.75. The molecule has 5 nitrogen and oxygen atoms in total. The first kappa shape index (κ1) is 12.3. The van der Waals surface area contributed by atoms with Crippen LogP contribution in [-0.4, -0.2) is 21.0 Å². The van der Waals surface area contributed by atoms with Gasteiger partial charge in [-0.25, -0.2) is 14.8 Å². The molecule has 18 heavy (non-hydrogen) atoms. The molecule has 6 heteroatoms. The third-order valence-corrected chi connectivity index (χ3v) is 2.58. The molecule has 0 amide bonds. The van der Waals surface area contributed by atoms with Gasteiger partial charge in [0.1, 0.15) is 0 Å². The van der Waals surface area contributed by atoms with Crippen LogP contribution < -0.4 is 5.32 Å². The first-order chi connectivity index (χ1) is 8.56. The largest absolute Gasteiger partial charge is 0.478 e. The van der Waals surface area contributed by atoms with Gasteiger partial charge in [-0.2, -0.15) is 0 Å². The lowest BCUT2D eigenvalue weighted by Gasteiger charge is -2.06. The summed E-state index contributed by atoms with van der Waals surface area (Å²) in [5.74, 6) is -0.664. The number of aromatic carboxylic acids is 1. The second-order valence-electron chi connectivity index (χ2n) is 3.65. The van der Waals surface area contributed by atoms with E-state index >= 15 is 0 Å². The molecule has 0 atom stereocenters. The number of benzene rings is 1. The number of rotatable bonds is 3. The highest BCUT2D eigenvalue weighted by Crippen LogP contribution is 2.22. The van der Waals surface area contributed by atoms with Crippen molar-refractivity contribution < 1.29 is 9.90 Å². The van der Waals surface area contributed by atoms with E-state index in [9.17, 15) is 4.79 Å². The highest BCUT2D eigenvalue weighted by molar-refractivity contribution is 6.33. The molecule has 0 bridgehead atoms. The molecule has 1 heterocycles. The summed E-state index contributed by atoms with van der Waals surface area (Å²) in [7, 11) is 0. The van der Waals surface area contributed by atoms with Crippen molar-refractivity contribution in [3.8, 4) is 0 Å². The van der Waals surface area contributed by atoms with E-state index in [1.54, 1.807) is 18.3 Å². The van der Waals surface area contributed by atoms with Crippen molar-refractivity contribution in [3.05, 3.63) is 46.7 Å². The molecule has 0 radical (unpaired) electrons. The molecular weight excluding hydrogens is 254 g/mol. The van der Waals surface area contributed by atoms with E-state index in [0.717, 1.165) is 5.69 Å². The topological polar surface area (TPSA) is 75.1 Å². The number of hydrogen-bond acceptors (Lipinski definition) is 4. The summed E-state index contributed by atoms with van der Waals surface area (Å²) < 4.78 is 0. The first-order valence-electron chi connectivity index (χ1n) is 5.16. The third-order valence-electron chi connectivity index (χ3n) is 2.25. The molecule has 0 spiro atoms. The van der Waals surface area contributed by atoms with Gasteiger partial charge in [0.25, 0.3) is 0 Å². The lowest BCUT2D eigenvalue weighted by atomic mass is 10.2. The monoisotopic (exact) mass is 263 g/mol. The van der Waals surface area contributed by atoms with Crippen LogP contribution in [0.25, 0.3) is 0 Å². The average molecular weight is 264 g/mol. The van der Waals surface area contributed by atoms with Crippen LogP contribution in [-0.2, 0) is 0 Å². The van der Waals surface area contributed by atoms with Gasteiger partial charge >= 0.3 is 5.97 Å². The number of aromatic nitrogens is 2. The van der Waals surface area contributed by atoms with E-state index in [2.05, 4.69) is 15.3 Å². The van der Waals surface area contributed by atoms with Crippen LogP contribution in [0.15, 0.2) is 30.5 Å². The van der Waals surface area contributed by atoms with Crippen molar-refractivity contribution in [1.29, 1.82) is 0 Å². The molecule has 2 N–H and O–H groups in total. The smallest absolute Gasteiger partial charge is 0.337 e. The Hall–Kier alpha value is -2.14. The van der Waals surface area contributed by atoms with E-state index in [0.29, 0.717) is 11.6 Å². The maximum atomic E-state index is 10.9. The summed E-state index contributed by atoms with van der Waals surface area (Å²) >= 11 is 5.78. The average Bonchev–Trinajstić information content (AvgIpc) is 2.31. The minimum absolute atomic E-state index is 0.0364. The number of hydrogen-bond donors (Lipinski definition) is 2. The quantitative estimate of drug-likeness (QED) is 0.891. The van der Waals surface area contributed by atoms with Crippen LogP contribution in [0.5, 0.6) is 0 Å². The van der Waals surface area contributed by atoms with Crippen LogP contribution in [0.4, 0.5) is 11.6 Å². The summed E-state index contributed by atoms with van der Waals surface area (Å²) in [4.78, 5) is 19.1. The number of halogens is 1. The molecule has 0 saturated heterocycles. The Morgan fingerprint density at radius 3 is 2.83 bits per heavy atom. The van der Waals surface area contributed by atoms with Crippen LogP contribution in [0.2, 0.25) is 5.02 Å².